The lowest BCUT2D eigenvalue weighted by Gasteiger charge is -2.11. The van der Waals surface area contributed by atoms with Crippen LogP contribution in [0.15, 0.2) is 29.7 Å². The van der Waals surface area contributed by atoms with Gasteiger partial charge >= 0.3 is 0 Å². The van der Waals surface area contributed by atoms with E-state index in [9.17, 15) is 14.7 Å². The first kappa shape index (κ1) is 18.2. The number of Topliss-reactive ketones (excluding diaryl/α,β-unsaturated/α-hetero) is 1. The number of rotatable bonds is 6. The Labute approximate surface area is 150 Å². The molecule has 0 unspecified atom stereocenters. The second-order valence-corrected chi connectivity index (χ2v) is 6.87. The molecule has 1 aromatic carbocycles. The number of hydrogen-bond acceptors (Lipinski definition) is 6. The zero-order valence-corrected chi connectivity index (χ0v) is 15.0. The Hall–Kier alpha value is -2.12. The van der Waals surface area contributed by atoms with Crippen LogP contribution < -0.4 is 4.74 Å². The lowest BCUT2D eigenvalue weighted by atomic mass is 10.1. The van der Waals surface area contributed by atoms with Crippen molar-refractivity contribution >= 4 is 46.1 Å². The molecular formula is C17H17NO4S2. The van der Waals surface area contributed by atoms with Gasteiger partial charge in [-0.2, -0.15) is 0 Å². The number of hydrogen-bond donors (Lipinski definition) is 1. The van der Waals surface area contributed by atoms with Crippen LogP contribution in [-0.2, 0) is 16.0 Å². The summed E-state index contributed by atoms with van der Waals surface area (Å²) in [5.74, 6) is -0.0527. The average Bonchev–Trinajstić information content (AvgIpc) is 2.77. The summed E-state index contributed by atoms with van der Waals surface area (Å²) < 4.78 is 5.53. The molecule has 1 N–H and O–H groups in total. The first-order valence-corrected chi connectivity index (χ1v) is 8.35. The number of carbonyl (C=O) groups is 2. The van der Waals surface area contributed by atoms with Gasteiger partial charge in [-0.1, -0.05) is 30.1 Å². The van der Waals surface area contributed by atoms with Crippen molar-refractivity contribution in [1.29, 1.82) is 0 Å². The molecule has 5 nitrogen and oxygen atoms in total. The van der Waals surface area contributed by atoms with Gasteiger partial charge in [0.2, 0.25) is 0 Å². The summed E-state index contributed by atoms with van der Waals surface area (Å²) in [6.07, 6.45) is 3.81. The van der Waals surface area contributed by atoms with E-state index in [0.717, 1.165) is 11.8 Å². The Morgan fingerprint density at radius 2 is 2.21 bits per heavy atom. The molecular weight excluding hydrogens is 346 g/mol. The summed E-state index contributed by atoms with van der Waals surface area (Å²) in [5, 5.41) is 10.1. The van der Waals surface area contributed by atoms with Crippen LogP contribution in [0.2, 0.25) is 0 Å². The highest BCUT2D eigenvalue weighted by atomic mass is 32.2. The van der Waals surface area contributed by atoms with E-state index >= 15 is 0 Å². The van der Waals surface area contributed by atoms with Crippen molar-refractivity contribution in [2.24, 2.45) is 0 Å². The van der Waals surface area contributed by atoms with Crippen LogP contribution >= 0.6 is 24.0 Å². The largest absolute Gasteiger partial charge is 0.504 e. The van der Waals surface area contributed by atoms with Crippen molar-refractivity contribution in [2.45, 2.75) is 13.3 Å². The highest BCUT2D eigenvalue weighted by Gasteiger charge is 2.32. The Morgan fingerprint density at radius 3 is 2.79 bits per heavy atom. The van der Waals surface area contributed by atoms with Crippen molar-refractivity contribution in [3.05, 3.63) is 40.8 Å². The van der Waals surface area contributed by atoms with Crippen LogP contribution in [0.4, 0.5) is 0 Å². The maximum atomic E-state index is 12.4. The summed E-state index contributed by atoms with van der Waals surface area (Å²) in [6, 6.07) is 3.40. The third-order valence-corrected chi connectivity index (χ3v) is 4.69. The normalized spacial score (nSPS) is 15.9. The number of phenolic OH excluding ortho intramolecular Hbond substituents is 1. The molecule has 0 saturated carbocycles. The molecule has 0 aliphatic carbocycles. The summed E-state index contributed by atoms with van der Waals surface area (Å²) in [4.78, 5) is 25.4. The van der Waals surface area contributed by atoms with Gasteiger partial charge < -0.3 is 9.84 Å². The highest BCUT2D eigenvalue weighted by Crippen LogP contribution is 2.36. The summed E-state index contributed by atoms with van der Waals surface area (Å²) >= 11 is 6.31. The number of phenols is 1. The molecule has 1 amide bonds. The minimum absolute atomic E-state index is 0.0252. The molecule has 1 aliphatic heterocycles. The van der Waals surface area contributed by atoms with Gasteiger partial charge in [0, 0.05) is 5.56 Å². The SMILES string of the molecule is C=CCc1cc(/C=C2/SC(=S)N(CC(C)=O)C2=O)cc(OC)c1O. The van der Waals surface area contributed by atoms with Gasteiger partial charge in [-0.05, 0) is 37.1 Å². The quantitative estimate of drug-likeness (QED) is 0.476. The zero-order chi connectivity index (χ0) is 17.9. The Balaban J connectivity index is 2.39. The van der Waals surface area contributed by atoms with Crippen LogP contribution in [0.3, 0.4) is 0 Å². The number of ketones is 1. The van der Waals surface area contributed by atoms with E-state index in [0.29, 0.717) is 32.5 Å². The molecule has 1 saturated heterocycles. The summed E-state index contributed by atoms with van der Waals surface area (Å²) in [5.41, 5.74) is 1.35. The Morgan fingerprint density at radius 1 is 1.50 bits per heavy atom. The van der Waals surface area contributed by atoms with E-state index in [1.165, 1.54) is 18.9 Å². The predicted octanol–water partition coefficient (Wildman–Crippen LogP) is 2.92. The van der Waals surface area contributed by atoms with Gasteiger partial charge in [-0.25, -0.2) is 0 Å². The number of nitrogens with zero attached hydrogens (tertiary/aromatic N) is 1. The maximum absolute atomic E-state index is 12.4. The number of methoxy groups -OCH3 is 1. The maximum Gasteiger partial charge on any atom is 0.266 e. The number of allylic oxidation sites excluding steroid dienone is 1. The van der Waals surface area contributed by atoms with Gasteiger partial charge in [0.05, 0.1) is 18.6 Å². The first-order chi connectivity index (χ1) is 11.4. The third-order valence-electron chi connectivity index (χ3n) is 3.31. The molecule has 0 aromatic heterocycles. The minimum Gasteiger partial charge on any atom is -0.504 e. The number of ether oxygens (including phenoxy) is 1. The fraction of sp³-hybridized carbons (Fsp3) is 0.235. The second kappa shape index (κ2) is 7.63. The van der Waals surface area contributed by atoms with Crippen LogP contribution in [0.25, 0.3) is 6.08 Å². The van der Waals surface area contributed by atoms with Crippen molar-refractivity contribution in [1.82, 2.24) is 4.90 Å². The summed E-state index contributed by atoms with van der Waals surface area (Å²) in [6.45, 7) is 5.05. The lowest BCUT2D eigenvalue weighted by Crippen LogP contribution is -2.32. The molecule has 0 radical (unpaired) electrons. The zero-order valence-electron chi connectivity index (χ0n) is 13.4. The monoisotopic (exact) mass is 363 g/mol. The van der Waals surface area contributed by atoms with Crippen molar-refractivity contribution in [3.8, 4) is 11.5 Å². The van der Waals surface area contributed by atoms with Gasteiger partial charge in [0.15, 0.2) is 11.5 Å². The molecule has 0 bridgehead atoms. The van der Waals surface area contributed by atoms with Gasteiger partial charge in [0.25, 0.3) is 5.91 Å². The minimum atomic E-state index is -0.294. The molecule has 1 aromatic rings. The van der Waals surface area contributed by atoms with E-state index < -0.39 is 0 Å². The highest BCUT2D eigenvalue weighted by molar-refractivity contribution is 8.26. The smallest absolute Gasteiger partial charge is 0.266 e. The second-order valence-electron chi connectivity index (χ2n) is 5.19. The fourth-order valence-corrected chi connectivity index (χ4v) is 3.50. The molecule has 7 heteroatoms. The van der Waals surface area contributed by atoms with Crippen LogP contribution in [0.5, 0.6) is 11.5 Å². The van der Waals surface area contributed by atoms with Crippen molar-refractivity contribution in [3.63, 3.8) is 0 Å². The Kier molecular flexibility index (Phi) is 5.80. The number of amides is 1. The van der Waals surface area contributed by atoms with Crippen molar-refractivity contribution < 1.29 is 19.4 Å². The van der Waals surface area contributed by atoms with E-state index in [-0.39, 0.29) is 24.0 Å². The fourth-order valence-electron chi connectivity index (χ4n) is 2.25. The molecule has 1 aliphatic rings. The molecule has 126 valence electrons. The van der Waals surface area contributed by atoms with Crippen molar-refractivity contribution in [2.75, 3.05) is 13.7 Å². The van der Waals surface area contributed by atoms with Crippen LogP contribution in [0, 0.1) is 0 Å². The van der Waals surface area contributed by atoms with Crippen LogP contribution in [-0.4, -0.2) is 39.7 Å². The lowest BCUT2D eigenvalue weighted by molar-refractivity contribution is -0.126. The number of aromatic hydroxyl groups is 1. The molecule has 1 fully saturated rings. The average molecular weight is 363 g/mol. The predicted molar refractivity (Wildman–Crippen MR) is 99.1 cm³/mol. The topological polar surface area (TPSA) is 66.8 Å². The van der Waals surface area contributed by atoms with Crippen LogP contribution in [0.1, 0.15) is 18.1 Å². The van der Waals surface area contributed by atoms with E-state index in [1.54, 1.807) is 24.3 Å². The summed E-state index contributed by atoms with van der Waals surface area (Å²) in [7, 11) is 1.46. The number of thioether (sulfide) groups is 1. The van der Waals surface area contributed by atoms with E-state index in [2.05, 4.69) is 6.58 Å². The molecule has 2 rings (SSSR count). The molecule has 24 heavy (non-hydrogen) atoms. The van der Waals surface area contributed by atoms with Gasteiger partial charge in [-0.3, -0.25) is 14.5 Å². The standard InChI is InChI=1S/C17H17NO4S2/c1-4-5-12-6-11(7-13(22-3)15(12)20)8-14-16(21)18(9-10(2)19)17(23)24-14/h4,6-8,20H,1,5,9H2,2-3H3/b14-8+. The number of thiocarbonyl (C=S) groups is 1. The van der Waals surface area contributed by atoms with E-state index in [4.69, 9.17) is 17.0 Å². The number of carbonyl (C=O) groups excluding carboxylic acids is 2. The van der Waals surface area contributed by atoms with E-state index in [1.807, 2.05) is 0 Å². The molecule has 1 heterocycles. The first-order valence-electron chi connectivity index (χ1n) is 7.13. The molecule has 0 spiro atoms. The molecule has 0 atom stereocenters. The van der Waals surface area contributed by atoms with Gasteiger partial charge in [-0.15, -0.1) is 6.58 Å². The number of benzene rings is 1. The third kappa shape index (κ3) is 3.85. The Bertz CT molecular complexity index is 755. The van der Waals surface area contributed by atoms with Gasteiger partial charge in [0.1, 0.15) is 10.1 Å².